The van der Waals surface area contributed by atoms with Crippen LogP contribution in [0, 0.1) is 6.92 Å². The second-order valence-corrected chi connectivity index (χ2v) is 8.13. The number of hydrogen-bond donors (Lipinski definition) is 1. The Kier molecular flexibility index (Phi) is 4.88. The van der Waals surface area contributed by atoms with Gasteiger partial charge in [0.1, 0.15) is 11.2 Å². The van der Waals surface area contributed by atoms with Crippen molar-refractivity contribution < 1.29 is 13.6 Å². The summed E-state index contributed by atoms with van der Waals surface area (Å²) in [5.41, 5.74) is 4.05. The molecule has 0 radical (unpaired) electrons. The Morgan fingerprint density at radius 2 is 1.97 bits per heavy atom. The molecule has 5 aromatic rings. The summed E-state index contributed by atoms with van der Waals surface area (Å²) in [4.78, 5) is 28.9. The van der Waals surface area contributed by atoms with E-state index in [-0.39, 0.29) is 18.7 Å². The van der Waals surface area contributed by atoms with E-state index in [9.17, 15) is 9.59 Å². The molecule has 0 unspecified atom stereocenters. The number of benzene rings is 2. The number of fused-ring (bicyclic) bond motifs is 2. The van der Waals surface area contributed by atoms with Crippen LogP contribution in [0.5, 0.6) is 0 Å². The first kappa shape index (κ1) is 19.3. The highest BCUT2D eigenvalue weighted by Crippen LogP contribution is 2.34. The average molecular weight is 430 g/mol. The van der Waals surface area contributed by atoms with Crippen molar-refractivity contribution in [3.05, 3.63) is 81.9 Å². The first-order valence-electron chi connectivity index (χ1n) is 9.82. The van der Waals surface area contributed by atoms with Gasteiger partial charge in [0.25, 0.3) is 0 Å². The summed E-state index contributed by atoms with van der Waals surface area (Å²) in [7, 11) is 0. The molecule has 6 nitrogen and oxygen atoms in total. The second-order valence-electron chi connectivity index (χ2n) is 7.24. The molecular formula is C24H18N2O4S. The van der Waals surface area contributed by atoms with Crippen molar-refractivity contribution >= 4 is 44.3 Å². The van der Waals surface area contributed by atoms with Crippen molar-refractivity contribution in [3.8, 4) is 11.1 Å². The number of nitrogens with one attached hydrogen (secondary N) is 1. The molecule has 3 heterocycles. The van der Waals surface area contributed by atoms with Crippen LogP contribution in [-0.4, -0.2) is 10.9 Å². The molecule has 0 bridgehead atoms. The lowest BCUT2D eigenvalue weighted by atomic mass is 9.99. The van der Waals surface area contributed by atoms with Crippen LogP contribution in [0.4, 0.5) is 5.13 Å². The van der Waals surface area contributed by atoms with Gasteiger partial charge in [0, 0.05) is 46.0 Å². The van der Waals surface area contributed by atoms with Crippen LogP contribution in [0.25, 0.3) is 33.1 Å². The van der Waals surface area contributed by atoms with Crippen LogP contribution in [0.2, 0.25) is 0 Å². The zero-order valence-electron chi connectivity index (χ0n) is 16.7. The Balaban J connectivity index is 1.51. The van der Waals surface area contributed by atoms with E-state index in [0.29, 0.717) is 21.9 Å². The standard InChI is InChI=1S/C24H18N2O4S/c1-14-16(7-8-22(27)26-24-25-9-10-31-24)23(28)30-21-12-20-18(11-17(14)21)19(13-29-20)15-5-3-2-4-6-15/h2-6,9-13H,7-8H2,1H3,(H,25,26,27). The normalized spacial score (nSPS) is 11.3. The number of aryl methyl sites for hydroxylation is 1. The average Bonchev–Trinajstić information content (AvgIpc) is 3.42. The minimum atomic E-state index is -0.429. The van der Waals surface area contributed by atoms with Crippen LogP contribution < -0.4 is 10.9 Å². The molecule has 0 fully saturated rings. The van der Waals surface area contributed by atoms with E-state index >= 15 is 0 Å². The number of rotatable bonds is 5. The van der Waals surface area contributed by atoms with Gasteiger partial charge in [-0.2, -0.15) is 0 Å². The van der Waals surface area contributed by atoms with Crippen LogP contribution in [0.1, 0.15) is 17.5 Å². The molecule has 31 heavy (non-hydrogen) atoms. The Morgan fingerprint density at radius 1 is 1.13 bits per heavy atom. The van der Waals surface area contributed by atoms with E-state index in [0.717, 1.165) is 27.5 Å². The van der Waals surface area contributed by atoms with E-state index in [1.807, 2.05) is 43.3 Å². The van der Waals surface area contributed by atoms with Gasteiger partial charge >= 0.3 is 5.63 Å². The van der Waals surface area contributed by atoms with Crippen molar-refractivity contribution in [1.29, 1.82) is 0 Å². The molecule has 154 valence electrons. The minimum absolute atomic E-state index is 0.167. The highest BCUT2D eigenvalue weighted by molar-refractivity contribution is 7.13. The van der Waals surface area contributed by atoms with Crippen LogP contribution in [0.15, 0.2) is 73.9 Å². The van der Waals surface area contributed by atoms with Gasteiger partial charge in [0.05, 0.1) is 6.26 Å². The number of furan rings is 1. The molecule has 0 aliphatic carbocycles. The lowest BCUT2D eigenvalue weighted by molar-refractivity contribution is -0.116. The van der Waals surface area contributed by atoms with Gasteiger partial charge in [0.15, 0.2) is 5.13 Å². The van der Waals surface area contributed by atoms with Crippen LogP contribution in [-0.2, 0) is 11.2 Å². The second kappa shape index (κ2) is 7.85. The van der Waals surface area contributed by atoms with Gasteiger partial charge in [-0.05, 0) is 30.5 Å². The fourth-order valence-corrected chi connectivity index (χ4v) is 4.29. The third-order valence-corrected chi connectivity index (χ3v) is 6.04. The molecule has 2 aromatic carbocycles. The predicted molar refractivity (Wildman–Crippen MR) is 121 cm³/mol. The summed E-state index contributed by atoms with van der Waals surface area (Å²) >= 11 is 1.35. The van der Waals surface area contributed by atoms with E-state index in [2.05, 4.69) is 10.3 Å². The summed E-state index contributed by atoms with van der Waals surface area (Å²) in [6.45, 7) is 1.89. The van der Waals surface area contributed by atoms with E-state index in [1.165, 1.54) is 11.3 Å². The lowest BCUT2D eigenvalue weighted by Crippen LogP contribution is -2.16. The van der Waals surface area contributed by atoms with E-state index < -0.39 is 5.63 Å². The fourth-order valence-electron chi connectivity index (χ4n) is 3.75. The highest BCUT2D eigenvalue weighted by atomic mass is 32.1. The molecule has 0 saturated carbocycles. The van der Waals surface area contributed by atoms with Gasteiger partial charge in [-0.25, -0.2) is 9.78 Å². The third kappa shape index (κ3) is 3.64. The third-order valence-electron chi connectivity index (χ3n) is 5.35. The number of hydrogen-bond acceptors (Lipinski definition) is 6. The van der Waals surface area contributed by atoms with E-state index in [1.54, 1.807) is 23.9 Å². The molecule has 1 N–H and O–H groups in total. The Hall–Kier alpha value is -3.71. The summed E-state index contributed by atoms with van der Waals surface area (Å²) in [6, 6.07) is 13.7. The van der Waals surface area contributed by atoms with Crippen molar-refractivity contribution in [2.75, 3.05) is 5.32 Å². The first-order chi connectivity index (χ1) is 15.1. The summed E-state index contributed by atoms with van der Waals surface area (Å²) in [6.07, 6.45) is 3.80. The summed E-state index contributed by atoms with van der Waals surface area (Å²) < 4.78 is 11.3. The minimum Gasteiger partial charge on any atom is -0.464 e. The molecule has 0 spiro atoms. The number of amides is 1. The maximum absolute atomic E-state index is 12.6. The molecule has 0 aliphatic heterocycles. The fraction of sp³-hybridized carbons (Fsp3) is 0.125. The van der Waals surface area contributed by atoms with Crippen molar-refractivity contribution in [1.82, 2.24) is 4.98 Å². The maximum Gasteiger partial charge on any atom is 0.339 e. The van der Waals surface area contributed by atoms with E-state index in [4.69, 9.17) is 8.83 Å². The largest absolute Gasteiger partial charge is 0.464 e. The molecule has 0 aliphatic rings. The Bertz CT molecular complexity index is 1450. The number of aromatic nitrogens is 1. The van der Waals surface area contributed by atoms with Gasteiger partial charge < -0.3 is 14.2 Å². The topological polar surface area (TPSA) is 85.3 Å². The number of carbonyl (C=O) groups excluding carboxylic acids is 1. The smallest absolute Gasteiger partial charge is 0.339 e. The molecule has 1 amide bonds. The number of carbonyl (C=O) groups is 1. The van der Waals surface area contributed by atoms with Crippen molar-refractivity contribution in [2.45, 2.75) is 19.8 Å². The first-order valence-corrected chi connectivity index (χ1v) is 10.7. The van der Waals surface area contributed by atoms with Gasteiger partial charge in [-0.1, -0.05) is 30.3 Å². The molecular weight excluding hydrogens is 412 g/mol. The van der Waals surface area contributed by atoms with Crippen LogP contribution in [0.3, 0.4) is 0 Å². The predicted octanol–water partition coefficient (Wildman–Crippen LogP) is 5.54. The lowest BCUT2D eigenvalue weighted by Gasteiger charge is -2.08. The van der Waals surface area contributed by atoms with Crippen LogP contribution >= 0.6 is 11.3 Å². The summed E-state index contributed by atoms with van der Waals surface area (Å²) in [5, 5.41) is 6.85. The molecule has 7 heteroatoms. The molecule has 0 atom stereocenters. The Labute approximate surface area is 181 Å². The molecule has 3 aromatic heterocycles. The maximum atomic E-state index is 12.6. The zero-order chi connectivity index (χ0) is 21.4. The number of thiazole rings is 1. The Morgan fingerprint density at radius 3 is 2.74 bits per heavy atom. The summed E-state index contributed by atoms with van der Waals surface area (Å²) in [5.74, 6) is -0.189. The molecule has 0 saturated heterocycles. The van der Waals surface area contributed by atoms with Gasteiger partial charge in [-0.15, -0.1) is 11.3 Å². The van der Waals surface area contributed by atoms with Crippen molar-refractivity contribution in [2.24, 2.45) is 0 Å². The molecule has 5 rings (SSSR count). The quantitative estimate of drug-likeness (QED) is 0.370. The monoisotopic (exact) mass is 430 g/mol. The number of anilines is 1. The number of nitrogens with zero attached hydrogens (tertiary/aromatic N) is 1. The zero-order valence-corrected chi connectivity index (χ0v) is 17.5. The van der Waals surface area contributed by atoms with Gasteiger partial charge in [-0.3, -0.25) is 4.79 Å². The van der Waals surface area contributed by atoms with Gasteiger partial charge in [0.2, 0.25) is 5.91 Å². The SMILES string of the molecule is Cc1c(CCC(=O)Nc2nccs2)c(=O)oc2cc3occ(-c4ccccc4)c3cc12. The van der Waals surface area contributed by atoms with Crippen molar-refractivity contribution in [3.63, 3.8) is 0 Å². The highest BCUT2D eigenvalue weighted by Gasteiger charge is 2.17.